The van der Waals surface area contributed by atoms with Crippen LogP contribution in [0.4, 0.5) is 0 Å². The van der Waals surface area contributed by atoms with Crippen LogP contribution in [0.5, 0.6) is 0 Å². The van der Waals surface area contributed by atoms with Crippen LogP contribution in [0.15, 0.2) is 18.7 Å². The third kappa shape index (κ3) is 2.71. The maximum Gasteiger partial charge on any atom is 0.119 e. The zero-order valence-electron chi connectivity index (χ0n) is 12.1. The molecule has 0 aliphatic carbocycles. The SMILES string of the molecule is c1c(CN2CCC(n3cnnc3)CC2)nn2c1CNCC2. The minimum Gasteiger partial charge on any atom is -0.317 e. The highest BCUT2D eigenvalue weighted by Crippen LogP contribution is 2.23. The van der Waals surface area contributed by atoms with Gasteiger partial charge in [-0.15, -0.1) is 10.2 Å². The molecule has 0 bridgehead atoms. The Labute approximate surface area is 124 Å². The lowest BCUT2D eigenvalue weighted by atomic mass is 10.0. The van der Waals surface area contributed by atoms with Crippen LogP contribution in [-0.4, -0.2) is 49.1 Å². The number of likely N-dealkylation sites (tertiary alicyclic amines) is 1. The fraction of sp³-hybridized carbons (Fsp3) is 0.643. The number of hydrogen-bond donors (Lipinski definition) is 1. The predicted molar refractivity (Wildman–Crippen MR) is 77.5 cm³/mol. The highest BCUT2D eigenvalue weighted by Gasteiger charge is 2.21. The first kappa shape index (κ1) is 13.0. The summed E-state index contributed by atoms with van der Waals surface area (Å²) in [6, 6.07) is 2.80. The first-order valence-electron chi connectivity index (χ1n) is 7.71. The minimum absolute atomic E-state index is 0.552. The van der Waals surface area contributed by atoms with Gasteiger partial charge in [0.15, 0.2) is 0 Å². The first-order chi connectivity index (χ1) is 10.4. The number of rotatable bonds is 3. The van der Waals surface area contributed by atoms with Crippen LogP contribution in [0.2, 0.25) is 0 Å². The number of aromatic nitrogens is 5. The maximum absolute atomic E-state index is 4.72. The molecule has 0 spiro atoms. The van der Waals surface area contributed by atoms with Crippen LogP contribution in [0.1, 0.15) is 30.3 Å². The molecule has 1 fully saturated rings. The molecule has 2 aliphatic heterocycles. The van der Waals surface area contributed by atoms with E-state index in [-0.39, 0.29) is 0 Å². The Morgan fingerprint density at radius 3 is 2.71 bits per heavy atom. The largest absolute Gasteiger partial charge is 0.317 e. The van der Waals surface area contributed by atoms with E-state index in [4.69, 9.17) is 5.10 Å². The fourth-order valence-electron chi connectivity index (χ4n) is 3.33. The third-order valence-corrected chi connectivity index (χ3v) is 4.52. The van der Waals surface area contributed by atoms with Crippen molar-refractivity contribution < 1.29 is 0 Å². The van der Waals surface area contributed by atoms with Crippen molar-refractivity contribution in [3.63, 3.8) is 0 Å². The monoisotopic (exact) mass is 287 g/mol. The van der Waals surface area contributed by atoms with Gasteiger partial charge in [-0.1, -0.05) is 0 Å². The topological polar surface area (TPSA) is 63.8 Å². The summed E-state index contributed by atoms with van der Waals surface area (Å²) in [6.45, 7) is 6.16. The lowest BCUT2D eigenvalue weighted by Crippen LogP contribution is -2.34. The molecule has 7 heteroatoms. The zero-order chi connectivity index (χ0) is 14.1. The second-order valence-corrected chi connectivity index (χ2v) is 5.94. The Hall–Kier alpha value is -1.73. The van der Waals surface area contributed by atoms with E-state index in [1.54, 1.807) is 0 Å². The van der Waals surface area contributed by atoms with Crippen LogP contribution in [0, 0.1) is 0 Å². The Morgan fingerprint density at radius 1 is 1.14 bits per heavy atom. The summed E-state index contributed by atoms with van der Waals surface area (Å²) in [6.07, 6.45) is 5.98. The van der Waals surface area contributed by atoms with Crippen molar-refractivity contribution in [3.05, 3.63) is 30.1 Å². The van der Waals surface area contributed by atoms with Gasteiger partial charge in [0, 0.05) is 38.8 Å². The van der Waals surface area contributed by atoms with Gasteiger partial charge in [0.1, 0.15) is 12.7 Å². The lowest BCUT2D eigenvalue weighted by Gasteiger charge is -2.31. The van der Waals surface area contributed by atoms with E-state index in [0.717, 1.165) is 52.1 Å². The summed E-state index contributed by atoms with van der Waals surface area (Å²) in [5, 5.41) is 15.9. The molecule has 4 heterocycles. The molecule has 4 rings (SSSR count). The normalized spacial score (nSPS) is 20.6. The molecule has 0 unspecified atom stereocenters. The minimum atomic E-state index is 0.552. The Bertz CT molecular complexity index is 557. The number of piperidine rings is 1. The summed E-state index contributed by atoms with van der Waals surface area (Å²) in [7, 11) is 0. The summed E-state index contributed by atoms with van der Waals surface area (Å²) >= 11 is 0. The molecular weight excluding hydrogens is 266 g/mol. The Balaban J connectivity index is 1.35. The van der Waals surface area contributed by atoms with Crippen LogP contribution >= 0.6 is 0 Å². The van der Waals surface area contributed by atoms with Crippen molar-refractivity contribution in [1.82, 2.24) is 34.8 Å². The van der Waals surface area contributed by atoms with E-state index >= 15 is 0 Å². The summed E-state index contributed by atoms with van der Waals surface area (Å²) < 4.78 is 4.29. The second-order valence-electron chi connectivity index (χ2n) is 5.94. The van der Waals surface area contributed by atoms with Crippen molar-refractivity contribution in [3.8, 4) is 0 Å². The lowest BCUT2D eigenvalue weighted by molar-refractivity contribution is 0.177. The molecule has 0 aromatic carbocycles. The highest BCUT2D eigenvalue weighted by molar-refractivity contribution is 5.12. The highest BCUT2D eigenvalue weighted by atomic mass is 15.3. The molecule has 1 N–H and O–H groups in total. The average Bonchev–Trinajstić information content (AvgIpc) is 3.17. The van der Waals surface area contributed by atoms with Crippen LogP contribution in [0.3, 0.4) is 0 Å². The molecule has 21 heavy (non-hydrogen) atoms. The van der Waals surface area contributed by atoms with Crippen LogP contribution in [0.25, 0.3) is 0 Å². The molecule has 2 aromatic heterocycles. The standard InChI is InChI=1S/C14H21N7/c1-4-19(5-2-13(1)20-10-16-17-11-20)9-12-7-14-8-15-3-6-21(14)18-12/h7,10-11,13,15H,1-6,8-9H2. The van der Waals surface area contributed by atoms with E-state index < -0.39 is 0 Å². The molecular formula is C14H21N7. The van der Waals surface area contributed by atoms with Gasteiger partial charge in [-0.05, 0) is 18.9 Å². The second kappa shape index (κ2) is 5.57. The van der Waals surface area contributed by atoms with Gasteiger partial charge >= 0.3 is 0 Å². The quantitative estimate of drug-likeness (QED) is 0.886. The molecule has 0 amide bonds. The molecule has 0 radical (unpaired) electrons. The van der Waals surface area contributed by atoms with Gasteiger partial charge in [0.2, 0.25) is 0 Å². The van der Waals surface area contributed by atoms with Crippen molar-refractivity contribution >= 4 is 0 Å². The summed E-state index contributed by atoms with van der Waals surface area (Å²) in [4.78, 5) is 2.50. The van der Waals surface area contributed by atoms with Crippen molar-refractivity contribution in [2.45, 2.75) is 38.5 Å². The maximum atomic E-state index is 4.72. The molecule has 7 nitrogen and oxygen atoms in total. The molecule has 112 valence electrons. The van der Waals surface area contributed by atoms with Gasteiger partial charge < -0.3 is 9.88 Å². The Kier molecular flexibility index (Phi) is 3.44. The summed E-state index contributed by atoms with van der Waals surface area (Å²) in [5.74, 6) is 0. The molecule has 1 saturated heterocycles. The van der Waals surface area contributed by atoms with Crippen LogP contribution < -0.4 is 5.32 Å². The fourth-order valence-corrected chi connectivity index (χ4v) is 3.33. The Morgan fingerprint density at radius 2 is 1.95 bits per heavy atom. The van der Waals surface area contributed by atoms with Gasteiger partial charge in [0.05, 0.1) is 17.9 Å². The van der Waals surface area contributed by atoms with Gasteiger partial charge in [-0.25, -0.2) is 0 Å². The number of nitrogens with zero attached hydrogens (tertiary/aromatic N) is 6. The average molecular weight is 287 g/mol. The zero-order valence-corrected chi connectivity index (χ0v) is 12.1. The van der Waals surface area contributed by atoms with E-state index in [1.807, 2.05) is 12.7 Å². The number of fused-ring (bicyclic) bond motifs is 1. The smallest absolute Gasteiger partial charge is 0.119 e. The van der Waals surface area contributed by atoms with Gasteiger partial charge in [-0.2, -0.15) is 5.10 Å². The molecule has 0 saturated carbocycles. The van der Waals surface area contributed by atoms with E-state index in [2.05, 4.69) is 35.7 Å². The van der Waals surface area contributed by atoms with Gasteiger partial charge in [-0.3, -0.25) is 9.58 Å². The van der Waals surface area contributed by atoms with Crippen LogP contribution in [-0.2, 0) is 19.6 Å². The van der Waals surface area contributed by atoms with Crippen molar-refractivity contribution in [1.29, 1.82) is 0 Å². The predicted octanol–water partition coefficient (Wildman–Crippen LogP) is 0.415. The number of nitrogens with one attached hydrogen (secondary N) is 1. The van der Waals surface area contributed by atoms with Crippen molar-refractivity contribution in [2.75, 3.05) is 19.6 Å². The molecule has 2 aliphatic rings. The molecule has 2 aromatic rings. The molecule has 0 atom stereocenters. The number of hydrogen-bond acceptors (Lipinski definition) is 5. The first-order valence-corrected chi connectivity index (χ1v) is 7.71. The third-order valence-electron chi connectivity index (χ3n) is 4.52. The summed E-state index contributed by atoms with van der Waals surface area (Å²) in [5.41, 5.74) is 2.52. The van der Waals surface area contributed by atoms with E-state index in [0.29, 0.717) is 6.04 Å². The van der Waals surface area contributed by atoms with Gasteiger partial charge in [0.25, 0.3) is 0 Å². The van der Waals surface area contributed by atoms with E-state index in [9.17, 15) is 0 Å². The van der Waals surface area contributed by atoms with Crippen molar-refractivity contribution in [2.24, 2.45) is 0 Å². The van der Waals surface area contributed by atoms with E-state index in [1.165, 1.54) is 11.4 Å².